The molecule has 0 N–H and O–H groups in total. The summed E-state index contributed by atoms with van der Waals surface area (Å²) in [5, 5.41) is 0. The monoisotopic (exact) mass is 178 g/mol. The van der Waals surface area contributed by atoms with Gasteiger partial charge in [0, 0.05) is 0 Å². The van der Waals surface area contributed by atoms with Gasteiger partial charge < -0.3 is 9.47 Å². The second kappa shape index (κ2) is 2.66. The van der Waals surface area contributed by atoms with Gasteiger partial charge in [-0.15, -0.1) is 0 Å². The first-order valence-corrected chi connectivity index (χ1v) is 4.47. The van der Waals surface area contributed by atoms with Crippen LogP contribution in [0.2, 0.25) is 0 Å². The van der Waals surface area contributed by atoms with E-state index in [1.54, 1.807) is 0 Å². The van der Waals surface area contributed by atoms with Gasteiger partial charge in [0.05, 0.1) is 0 Å². The molecule has 2 nitrogen and oxygen atoms in total. The highest BCUT2D eigenvalue weighted by molar-refractivity contribution is 5.46. The number of rotatable bonds is 0. The molecule has 0 aromatic heterocycles. The highest BCUT2D eigenvalue weighted by Crippen LogP contribution is 2.35. The smallest absolute Gasteiger partial charge is 0.231 e. The van der Waals surface area contributed by atoms with Gasteiger partial charge in [-0.1, -0.05) is 26.8 Å². The van der Waals surface area contributed by atoms with Gasteiger partial charge in [0.15, 0.2) is 11.5 Å². The van der Waals surface area contributed by atoms with Crippen LogP contribution in [0.1, 0.15) is 26.3 Å². The Kier molecular flexibility index (Phi) is 1.72. The Balaban J connectivity index is 2.42. The first kappa shape index (κ1) is 8.42. The molecule has 1 aliphatic heterocycles. The van der Waals surface area contributed by atoms with E-state index in [2.05, 4.69) is 32.9 Å². The summed E-state index contributed by atoms with van der Waals surface area (Å²) in [4.78, 5) is 0. The van der Waals surface area contributed by atoms with Crippen molar-refractivity contribution in [3.63, 3.8) is 0 Å². The predicted octanol–water partition coefficient (Wildman–Crippen LogP) is 2.71. The molecule has 0 fully saturated rings. The second-order valence-corrected chi connectivity index (χ2v) is 4.32. The summed E-state index contributed by atoms with van der Waals surface area (Å²) in [6, 6.07) is 6.12. The number of benzene rings is 1. The van der Waals surface area contributed by atoms with Crippen LogP contribution in [0.15, 0.2) is 18.2 Å². The van der Waals surface area contributed by atoms with Crippen molar-refractivity contribution in [1.29, 1.82) is 0 Å². The Morgan fingerprint density at radius 2 is 1.77 bits per heavy atom. The Labute approximate surface area is 78.5 Å². The number of ether oxygens (including phenoxy) is 2. The third kappa shape index (κ3) is 1.48. The average Bonchev–Trinajstić information content (AvgIpc) is 2.47. The minimum atomic E-state index is 0.168. The molecule has 0 saturated heterocycles. The van der Waals surface area contributed by atoms with Crippen LogP contribution in [0.3, 0.4) is 0 Å². The van der Waals surface area contributed by atoms with Gasteiger partial charge in [-0.2, -0.15) is 0 Å². The van der Waals surface area contributed by atoms with Crippen LogP contribution in [-0.2, 0) is 5.41 Å². The fourth-order valence-electron chi connectivity index (χ4n) is 1.36. The van der Waals surface area contributed by atoms with Crippen molar-refractivity contribution < 1.29 is 9.47 Å². The molecule has 2 rings (SSSR count). The minimum Gasteiger partial charge on any atom is -0.454 e. The molecule has 0 bridgehead atoms. The normalized spacial score (nSPS) is 14.7. The fraction of sp³-hybridized carbons (Fsp3) is 0.455. The Morgan fingerprint density at radius 3 is 2.46 bits per heavy atom. The molecule has 70 valence electrons. The third-order valence-corrected chi connectivity index (χ3v) is 2.24. The Hall–Kier alpha value is -1.18. The molecule has 0 unspecified atom stereocenters. The van der Waals surface area contributed by atoms with E-state index >= 15 is 0 Å². The van der Waals surface area contributed by atoms with Gasteiger partial charge >= 0.3 is 0 Å². The van der Waals surface area contributed by atoms with Crippen LogP contribution in [0.25, 0.3) is 0 Å². The fourth-order valence-corrected chi connectivity index (χ4v) is 1.36. The summed E-state index contributed by atoms with van der Waals surface area (Å²) in [6.45, 7) is 6.91. The molecule has 0 radical (unpaired) electrons. The van der Waals surface area contributed by atoms with E-state index in [-0.39, 0.29) is 5.41 Å². The van der Waals surface area contributed by atoms with Gasteiger partial charge in [0.1, 0.15) is 0 Å². The Bertz CT molecular complexity index is 323. The third-order valence-electron chi connectivity index (χ3n) is 2.24. The lowest BCUT2D eigenvalue weighted by Gasteiger charge is -2.18. The van der Waals surface area contributed by atoms with Crippen molar-refractivity contribution in [3.05, 3.63) is 23.8 Å². The number of hydrogen-bond donors (Lipinski definition) is 0. The van der Waals surface area contributed by atoms with Crippen molar-refractivity contribution >= 4 is 0 Å². The van der Waals surface area contributed by atoms with Gasteiger partial charge in [0.2, 0.25) is 6.79 Å². The molecule has 1 heterocycles. The van der Waals surface area contributed by atoms with Crippen molar-refractivity contribution in [1.82, 2.24) is 0 Å². The lowest BCUT2D eigenvalue weighted by Crippen LogP contribution is -2.10. The highest BCUT2D eigenvalue weighted by atomic mass is 16.7. The predicted molar refractivity (Wildman–Crippen MR) is 51.3 cm³/mol. The largest absolute Gasteiger partial charge is 0.454 e. The standard InChI is InChI=1S/C11H14O2/c1-11(2,3)8-4-5-9-10(6-8)13-7-12-9/h4-6H,7H2,1-3H3. The molecule has 1 aliphatic rings. The van der Waals surface area contributed by atoms with Crippen molar-refractivity contribution in [2.24, 2.45) is 0 Å². The lowest BCUT2D eigenvalue weighted by molar-refractivity contribution is 0.174. The summed E-state index contributed by atoms with van der Waals surface area (Å²) in [5.74, 6) is 1.72. The number of fused-ring (bicyclic) bond motifs is 1. The molecule has 1 aromatic carbocycles. The molecule has 0 spiro atoms. The minimum absolute atomic E-state index is 0.168. The average molecular weight is 178 g/mol. The summed E-state index contributed by atoms with van der Waals surface area (Å²) in [7, 11) is 0. The van der Waals surface area contributed by atoms with E-state index in [4.69, 9.17) is 9.47 Å². The van der Waals surface area contributed by atoms with Gasteiger partial charge in [-0.25, -0.2) is 0 Å². The molecule has 2 heteroatoms. The summed E-state index contributed by atoms with van der Waals surface area (Å²) < 4.78 is 10.6. The zero-order valence-electron chi connectivity index (χ0n) is 8.26. The zero-order chi connectivity index (χ0) is 9.47. The van der Waals surface area contributed by atoms with Crippen molar-refractivity contribution in [2.45, 2.75) is 26.2 Å². The zero-order valence-corrected chi connectivity index (χ0v) is 8.26. The molecule has 0 aliphatic carbocycles. The second-order valence-electron chi connectivity index (χ2n) is 4.32. The van der Waals surface area contributed by atoms with Crippen LogP contribution in [0.5, 0.6) is 11.5 Å². The molecule has 0 atom stereocenters. The maximum Gasteiger partial charge on any atom is 0.231 e. The molecular weight excluding hydrogens is 164 g/mol. The highest BCUT2D eigenvalue weighted by Gasteiger charge is 2.19. The van der Waals surface area contributed by atoms with Gasteiger partial charge in [0.25, 0.3) is 0 Å². The molecule has 0 saturated carbocycles. The van der Waals surface area contributed by atoms with Crippen molar-refractivity contribution in [3.8, 4) is 11.5 Å². The quantitative estimate of drug-likeness (QED) is 0.608. The maximum absolute atomic E-state index is 5.31. The first-order valence-electron chi connectivity index (χ1n) is 4.47. The summed E-state index contributed by atoms with van der Waals surface area (Å²) >= 11 is 0. The van der Waals surface area contributed by atoms with E-state index < -0.39 is 0 Å². The molecule has 13 heavy (non-hydrogen) atoms. The first-order chi connectivity index (χ1) is 6.07. The van der Waals surface area contributed by atoms with Crippen LogP contribution >= 0.6 is 0 Å². The molecular formula is C11H14O2. The van der Waals surface area contributed by atoms with E-state index in [0.29, 0.717) is 6.79 Å². The van der Waals surface area contributed by atoms with Gasteiger partial charge in [-0.3, -0.25) is 0 Å². The SMILES string of the molecule is CC(C)(C)c1ccc2c(c1)OCO2. The van der Waals surface area contributed by atoms with E-state index in [1.165, 1.54) is 5.56 Å². The van der Waals surface area contributed by atoms with E-state index in [1.807, 2.05) is 6.07 Å². The number of hydrogen-bond acceptors (Lipinski definition) is 2. The van der Waals surface area contributed by atoms with Crippen LogP contribution in [0, 0.1) is 0 Å². The van der Waals surface area contributed by atoms with Gasteiger partial charge in [-0.05, 0) is 23.1 Å². The topological polar surface area (TPSA) is 18.5 Å². The van der Waals surface area contributed by atoms with E-state index in [0.717, 1.165) is 11.5 Å². The molecule has 1 aromatic rings. The van der Waals surface area contributed by atoms with Crippen LogP contribution in [0.4, 0.5) is 0 Å². The summed E-state index contributed by atoms with van der Waals surface area (Å²) in [5.41, 5.74) is 1.44. The van der Waals surface area contributed by atoms with Crippen LogP contribution in [-0.4, -0.2) is 6.79 Å². The summed E-state index contributed by atoms with van der Waals surface area (Å²) in [6.07, 6.45) is 0. The Morgan fingerprint density at radius 1 is 1.08 bits per heavy atom. The maximum atomic E-state index is 5.31. The van der Waals surface area contributed by atoms with Crippen LogP contribution < -0.4 is 9.47 Å². The van der Waals surface area contributed by atoms with Crippen molar-refractivity contribution in [2.75, 3.05) is 6.79 Å². The lowest BCUT2D eigenvalue weighted by atomic mass is 9.87. The van der Waals surface area contributed by atoms with E-state index in [9.17, 15) is 0 Å². The molecule has 0 amide bonds.